The van der Waals surface area contributed by atoms with Gasteiger partial charge in [-0.2, -0.15) is 4.98 Å². The number of imidazole rings is 1. The van der Waals surface area contributed by atoms with Crippen molar-refractivity contribution in [3.63, 3.8) is 0 Å². The van der Waals surface area contributed by atoms with Gasteiger partial charge in [-0.15, -0.1) is 0 Å². The Kier molecular flexibility index (Phi) is 11.3. The Morgan fingerprint density at radius 3 is 2.49 bits per heavy atom. The molecule has 264 valence electrons. The number of urea groups is 1. The maximum Gasteiger partial charge on any atom is 0.415 e. The summed E-state index contributed by atoms with van der Waals surface area (Å²) < 4.78 is 14.0. The molecule has 49 heavy (non-hydrogen) atoms. The highest BCUT2D eigenvalue weighted by Crippen LogP contribution is 2.24. The molecule has 1 aliphatic rings. The van der Waals surface area contributed by atoms with Gasteiger partial charge in [0.1, 0.15) is 5.60 Å². The zero-order valence-electron chi connectivity index (χ0n) is 28.9. The SMILES string of the molecule is CCOC(=O)NC(=O)Nc1cccc(C(=O)Cn2c(=O)c3c(nc(N4CCCC(NC(=O)OC(C)(C)C)C4)n3CC=C(C)C)n(C)c2=O)c1. The van der Waals surface area contributed by atoms with Crippen LogP contribution in [-0.2, 0) is 29.6 Å². The zero-order valence-corrected chi connectivity index (χ0v) is 28.9. The van der Waals surface area contributed by atoms with Crippen molar-refractivity contribution >= 4 is 46.8 Å². The van der Waals surface area contributed by atoms with Crippen molar-refractivity contribution in [3.05, 3.63) is 62.3 Å². The largest absolute Gasteiger partial charge is 0.450 e. The number of carbonyl (C=O) groups excluding carboxylic acids is 4. The number of hydrogen-bond acceptors (Lipinski definition) is 10. The van der Waals surface area contributed by atoms with Crippen LogP contribution >= 0.6 is 0 Å². The van der Waals surface area contributed by atoms with E-state index in [1.807, 2.05) is 30.1 Å². The number of rotatable bonds is 9. The van der Waals surface area contributed by atoms with Crippen LogP contribution in [0.1, 0.15) is 64.7 Å². The van der Waals surface area contributed by atoms with Gasteiger partial charge < -0.3 is 29.6 Å². The number of ketones is 1. The fraction of sp³-hybridized carbons (Fsp3) is 0.485. The number of alkyl carbamates (subject to hydrolysis) is 2. The van der Waals surface area contributed by atoms with E-state index >= 15 is 0 Å². The highest BCUT2D eigenvalue weighted by molar-refractivity contribution is 6.01. The van der Waals surface area contributed by atoms with Crippen LogP contribution in [0.5, 0.6) is 0 Å². The molecular formula is C33H44N8O8. The van der Waals surface area contributed by atoms with Gasteiger partial charge in [0, 0.05) is 44.0 Å². The van der Waals surface area contributed by atoms with E-state index in [1.165, 1.54) is 35.9 Å². The van der Waals surface area contributed by atoms with E-state index in [4.69, 9.17) is 9.72 Å². The summed E-state index contributed by atoms with van der Waals surface area (Å²) in [7, 11) is 1.49. The van der Waals surface area contributed by atoms with Crippen LogP contribution in [0.15, 0.2) is 45.5 Å². The minimum Gasteiger partial charge on any atom is -0.450 e. The van der Waals surface area contributed by atoms with Gasteiger partial charge in [-0.25, -0.2) is 24.5 Å². The number of hydrogen-bond donors (Lipinski definition) is 3. The van der Waals surface area contributed by atoms with Crippen LogP contribution in [0.25, 0.3) is 11.2 Å². The number of piperidine rings is 1. The average molecular weight is 681 g/mol. The number of nitrogens with one attached hydrogen (secondary N) is 3. The van der Waals surface area contributed by atoms with E-state index in [2.05, 4.69) is 15.4 Å². The number of fused-ring (bicyclic) bond motifs is 1. The molecule has 1 aliphatic heterocycles. The number of aryl methyl sites for hydroxylation is 1. The molecule has 1 fully saturated rings. The predicted octanol–water partition coefficient (Wildman–Crippen LogP) is 3.52. The molecule has 16 heteroatoms. The molecular weight excluding hydrogens is 636 g/mol. The molecule has 4 amide bonds. The lowest BCUT2D eigenvalue weighted by Crippen LogP contribution is -2.49. The maximum absolute atomic E-state index is 14.1. The minimum atomic E-state index is -0.928. The maximum atomic E-state index is 14.1. The van der Waals surface area contributed by atoms with E-state index in [-0.39, 0.29) is 41.6 Å². The first kappa shape index (κ1) is 36.4. The molecule has 0 spiro atoms. The highest BCUT2D eigenvalue weighted by Gasteiger charge is 2.29. The number of amides is 4. The normalized spacial score (nSPS) is 14.6. The van der Waals surface area contributed by atoms with Gasteiger partial charge in [-0.3, -0.25) is 18.7 Å². The molecule has 4 rings (SSSR count). The standard InChI is InChI=1S/C33H44N8O8/c1-8-48-30(45)37-28(44)34-22-12-9-11-21(17-22)24(42)19-41-27(43)25-26(38(7)32(41)47)36-29(40(25)16-14-20(2)3)39-15-10-13-23(18-39)35-31(46)49-33(4,5)6/h9,11-12,14,17,23H,8,10,13,15-16,18-19H2,1-7H3,(H,35,46)(H2,34,37,44,45). The van der Waals surface area contributed by atoms with Crippen molar-refractivity contribution in [1.82, 2.24) is 29.3 Å². The monoisotopic (exact) mass is 680 g/mol. The molecule has 1 atom stereocenters. The van der Waals surface area contributed by atoms with Crippen LogP contribution < -0.4 is 32.1 Å². The van der Waals surface area contributed by atoms with Gasteiger partial charge in [-0.1, -0.05) is 23.8 Å². The molecule has 1 unspecified atom stereocenters. The van der Waals surface area contributed by atoms with E-state index in [1.54, 1.807) is 32.3 Å². The van der Waals surface area contributed by atoms with Crippen LogP contribution in [0.4, 0.5) is 26.0 Å². The second-order valence-electron chi connectivity index (χ2n) is 12.9. The predicted molar refractivity (Wildman–Crippen MR) is 183 cm³/mol. The zero-order chi connectivity index (χ0) is 36.0. The number of allylic oxidation sites excluding steroid dienone is 2. The Labute approximate surface area is 283 Å². The van der Waals surface area contributed by atoms with Crippen LogP contribution in [0.2, 0.25) is 0 Å². The number of ether oxygens (including phenoxy) is 2. The summed E-state index contributed by atoms with van der Waals surface area (Å²) in [5.74, 6) is -0.102. The van der Waals surface area contributed by atoms with Gasteiger partial charge in [0.05, 0.1) is 13.2 Å². The number of imide groups is 1. The van der Waals surface area contributed by atoms with Gasteiger partial charge in [0.25, 0.3) is 5.56 Å². The summed E-state index contributed by atoms with van der Waals surface area (Å²) in [6, 6.07) is 4.79. The van der Waals surface area contributed by atoms with Gasteiger partial charge >= 0.3 is 23.9 Å². The fourth-order valence-electron chi connectivity index (χ4n) is 5.37. The second kappa shape index (κ2) is 15.2. The number of aromatic nitrogens is 4. The van der Waals surface area contributed by atoms with Crippen molar-refractivity contribution < 1.29 is 28.7 Å². The summed E-state index contributed by atoms with van der Waals surface area (Å²) in [5, 5.41) is 7.37. The van der Waals surface area contributed by atoms with E-state index in [0.29, 0.717) is 19.0 Å². The molecule has 3 N–H and O–H groups in total. The first-order valence-corrected chi connectivity index (χ1v) is 16.0. The Morgan fingerprint density at radius 1 is 1.08 bits per heavy atom. The Bertz CT molecular complexity index is 1890. The number of nitrogens with zero attached hydrogens (tertiary/aromatic N) is 5. The van der Waals surface area contributed by atoms with Crippen molar-refractivity contribution in [2.45, 2.75) is 79.1 Å². The molecule has 2 aromatic heterocycles. The van der Waals surface area contributed by atoms with Crippen LogP contribution in [0.3, 0.4) is 0 Å². The lowest BCUT2D eigenvalue weighted by Gasteiger charge is -2.34. The van der Waals surface area contributed by atoms with Crippen molar-refractivity contribution in [2.75, 3.05) is 29.9 Å². The third kappa shape index (κ3) is 9.15. The lowest BCUT2D eigenvalue weighted by molar-refractivity contribution is 0.0499. The first-order chi connectivity index (χ1) is 23.1. The summed E-state index contributed by atoms with van der Waals surface area (Å²) in [6.45, 7) is 11.6. The number of benzene rings is 1. The summed E-state index contributed by atoms with van der Waals surface area (Å²) in [5.41, 5.74) is -0.420. The quantitative estimate of drug-likeness (QED) is 0.223. The summed E-state index contributed by atoms with van der Waals surface area (Å²) >= 11 is 0. The Morgan fingerprint density at radius 2 is 1.82 bits per heavy atom. The average Bonchev–Trinajstić information content (AvgIpc) is 3.40. The van der Waals surface area contributed by atoms with Gasteiger partial charge in [0.15, 0.2) is 16.9 Å². The number of Topliss-reactive ketones (excluding diaryl/α,β-unsaturated/α-hetero) is 1. The van der Waals surface area contributed by atoms with Gasteiger partial charge in [0.2, 0.25) is 5.95 Å². The molecule has 0 bridgehead atoms. The molecule has 3 heterocycles. The van der Waals surface area contributed by atoms with Crippen LogP contribution in [0, 0.1) is 0 Å². The molecule has 16 nitrogen and oxygen atoms in total. The number of carbonyl (C=O) groups is 4. The highest BCUT2D eigenvalue weighted by atomic mass is 16.6. The second-order valence-corrected chi connectivity index (χ2v) is 12.9. The fourth-order valence-corrected chi connectivity index (χ4v) is 5.37. The summed E-state index contributed by atoms with van der Waals surface area (Å²) in [4.78, 5) is 83.9. The molecule has 0 aliphatic carbocycles. The Balaban J connectivity index is 1.67. The van der Waals surface area contributed by atoms with Crippen LogP contribution in [-0.4, -0.2) is 74.0 Å². The van der Waals surface area contributed by atoms with E-state index in [9.17, 15) is 28.8 Å². The van der Waals surface area contributed by atoms with Gasteiger partial charge in [-0.05, 0) is 66.5 Å². The van der Waals surface area contributed by atoms with E-state index < -0.39 is 47.4 Å². The lowest BCUT2D eigenvalue weighted by atomic mass is 10.1. The molecule has 0 saturated carbocycles. The first-order valence-electron chi connectivity index (χ1n) is 16.0. The third-order valence-corrected chi connectivity index (χ3v) is 7.55. The molecule has 0 radical (unpaired) electrons. The molecule has 1 aromatic carbocycles. The minimum absolute atomic E-state index is 0.0802. The van der Waals surface area contributed by atoms with Crippen molar-refractivity contribution in [1.29, 1.82) is 0 Å². The third-order valence-electron chi connectivity index (χ3n) is 7.55. The smallest absolute Gasteiger partial charge is 0.415 e. The molecule has 3 aromatic rings. The van der Waals surface area contributed by atoms with Crippen molar-refractivity contribution in [2.24, 2.45) is 7.05 Å². The summed E-state index contributed by atoms with van der Waals surface area (Å²) in [6.07, 6.45) is 1.95. The molecule has 1 saturated heterocycles. The topological polar surface area (TPSA) is 188 Å². The van der Waals surface area contributed by atoms with E-state index in [0.717, 1.165) is 23.0 Å². The number of anilines is 2. The van der Waals surface area contributed by atoms with Crippen molar-refractivity contribution in [3.8, 4) is 0 Å². The Hall–Kier alpha value is -5.41.